The Balaban J connectivity index is 5.00. The minimum absolute atomic E-state index is 0.0736. The molecule has 0 saturated carbocycles. The minimum atomic E-state index is -1.37. The molecular formula is C18H34N4O6S. The highest BCUT2D eigenvalue weighted by Gasteiger charge is 2.31. The quantitative estimate of drug-likeness (QED) is 0.215. The maximum atomic E-state index is 12.4. The first-order valence-corrected chi connectivity index (χ1v) is 10.9. The number of carbonyl (C=O) groups is 4. The summed E-state index contributed by atoms with van der Waals surface area (Å²) in [6.07, 6.45) is 1.42. The highest BCUT2D eigenvalue weighted by atomic mass is 32.2. The molecule has 29 heavy (non-hydrogen) atoms. The van der Waals surface area contributed by atoms with E-state index in [2.05, 4.69) is 16.0 Å². The first-order valence-electron chi connectivity index (χ1n) is 9.52. The van der Waals surface area contributed by atoms with E-state index in [-0.39, 0.29) is 12.3 Å². The van der Waals surface area contributed by atoms with Crippen LogP contribution in [0, 0.1) is 5.92 Å². The number of carboxylic acids is 1. The van der Waals surface area contributed by atoms with Crippen molar-refractivity contribution in [1.82, 2.24) is 16.0 Å². The number of carboxylic acid groups (broad SMARTS) is 1. The van der Waals surface area contributed by atoms with Gasteiger partial charge in [-0.05, 0) is 38.2 Å². The van der Waals surface area contributed by atoms with Crippen molar-refractivity contribution in [2.45, 2.75) is 70.8 Å². The SMILES string of the molecule is CCC(C)C(N)C(=O)NC(C)C(=O)NC(C(=O)NC(CCSC)C(=O)O)C(C)O. The van der Waals surface area contributed by atoms with Gasteiger partial charge in [0.2, 0.25) is 17.7 Å². The molecule has 0 aromatic carbocycles. The zero-order valence-corrected chi connectivity index (χ0v) is 18.4. The molecule has 10 nitrogen and oxygen atoms in total. The van der Waals surface area contributed by atoms with E-state index >= 15 is 0 Å². The van der Waals surface area contributed by atoms with Crippen LogP contribution in [-0.2, 0) is 19.2 Å². The summed E-state index contributed by atoms with van der Waals surface area (Å²) in [7, 11) is 0. The van der Waals surface area contributed by atoms with Crippen LogP contribution in [0.4, 0.5) is 0 Å². The molecule has 11 heteroatoms. The Hall–Kier alpha value is -1.85. The molecule has 0 radical (unpaired) electrons. The number of aliphatic hydroxyl groups excluding tert-OH is 1. The van der Waals surface area contributed by atoms with E-state index in [9.17, 15) is 29.4 Å². The van der Waals surface area contributed by atoms with Crippen molar-refractivity contribution in [1.29, 1.82) is 0 Å². The minimum Gasteiger partial charge on any atom is -0.480 e. The van der Waals surface area contributed by atoms with E-state index in [0.29, 0.717) is 12.2 Å². The van der Waals surface area contributed by atoms with Crippen molar-refractivity contribution < 1.29 is 29.4 Å². The smallest absolute Gasteiger partial charge is 0.326 e. The first kappa shape index (κ1) is 27.1. The van der Waals surface area contributed by atoms with Crippen LogP contribution >= 0.6 is 11.8 Å². The second-order valence-corrected chi connectivity index (χ2v) is 8.03. The molecular weight excluding hydrogens is 400 g/mol. The summed E-state index contributed by atoms with van der Waals surface area (Å²) in [6.45, 7) is 6.43. The third kappa shape index (κ3) is 9.46. The Morgan fingerprint density at radius 2 is 1.59 bits per heavy atom. The fraction of sp³-hybridized carbons (Fsp3) is 0.778. The molecule has 3 amide bonds. The standard InChI is InChI=1S/C18H34N4O6S/c1-6-9(2)13(19)16(25)20-10(3)15(24)22-14(11(4)23)17(26)21-12(18(27)28)7-8-29-5/h9-14,23H,6-8,19H2,1-5H3,(H,20,25)(H,21,26)(H,22,24)(H,27,28). The number of amides is 3. The Labute approximate surface area is 175 Å². The van der Waals surface area contributed by atoms with Crippen LogP contribution in [0.15, 0.2) is 0 Å². The van der Waals surface area contributed by atoms with Gasteiger partial charge in [0.15, 0.2) is 0 Å². The molecule has 0 aromatic rings. The van der Waals surface area contributed by atoms with E-state index < -0.39 is 54.0 Å². The van der Waals surface area contributed by atoms with E-state index in [1.54, 1.807) is 0 Å². The number of hydrogen-bond donors (Lipinski definition) is 6. The van der Waals surface area contributed by atoms with E-state index in [0.717, 1.165) is 0 Å². The van der Waals surface area contributed by atoms with Gasteiger partial charge in [-0.2, -0.15) is 11.8 Å². The van der Waals surface area contributed by atoms with Crippen molar-refractivity contribution in [3.8, 4) is 0 Å². The Kier molecular flexibility index (Phi) is 12.5. The molecule has 0 aliphatic heterocycles. The summed E-state index contributed by atoms with van der Waals surface area (Å²) in [6, 6.07) is -4.29. The average Bonchev–Trinajstić information content (AvgIpc) is 2.66. The van der Waals surface area contributed by atoms with Crippen LogP contribution in [-0.4, -0.2) is 76.2 Å². The van der Waals surface area contributed by atoms with E-state index in [4.69, 9.17) is 5.73 Å². The zero-order chi connectivity index (χ0) is 22.7. The van der Waals surface area contributed by atoms with Gasteiger partial charge in [0.1, 0.15) is 18.1 Å². The van der Waals surface area contributed by atoms with Crippen LogP contribution in [0.25, 0.3) is 0 Å². The highest BCUT2D eigenvalue weighted by Crippen LogP contribution is 2.06. The van der Waals surface area contributed by atoms with Crippen LogP contribution < -0.4 is 21.7 Å². The summed E-state index contributed by atoms with van der Waals surface area (Å²) in [5.41, 5.74) is 5.84. The molecule has 0 fully saturated rings. The fourth-order valence-electron chi connectivity index (χ4n) is 2.33. The summed E-state index contributed by atoms with van der Waals surface area (Å²) < 4.78 is 0. The number of aliphatic carboxylic acids is 1. The monoisotopic (exact) mass is 434 g/mol. The summed E-state index contributed by atoms with van der Waals surface area (Å²) in [4.78, 5) is 48.2. The zero-order valence-electron chi connectivity index (χ0n) is 17.6. The lowest BCUT2D eigenvalue weighted by Gasteiger charge is -2.25. The molecule has 0 aliphatic carbocycles. The van der Waals surface area contributed by atoms with Gasteiger partial charge in [-0.1, -0.05) is 20.3 Å². The summed E-state index contributed by atoms with van der Waals surface area (Å²) in [5.74, 6) is -2.78. The molecule has 0 bridgehead atoms. The molecule has 0 aliphatic rings. The van der Waals surface area contributed by atoms with Gasteiger partial charge in [-0.3, -0.25) is 14.4 Å². The third-order valence-corrected chi connectivity index (χ3v) is 5.24. The number of aliphatic hydroxyl groups is 1. The number of nitrogens with two attached hydrogens (primary N) is 1. The van der Waals surface area contributed by atoms with Crippen LogP contribution in [0.1, 0.15) is 40.5 Å². The number of hydrogen-bond acceptors (Lipinski definition) is 7. The maximum absolute atomic E-state index is 12.4. The van der Waals surface area contributed by atoms with Crippen LogP contribution in [0.3, 0.4) is 0 Å². The Morgan fingerprint density at radius 3 is 2.03 bits per heavy atom. The molecule has 0 aromatic heterocycles. The predicted molar refractivity (Wildman–Crippen MR) is 111 cm³/mol. The molecule has 6 atom stereocenters. The molecule has 0 saturated heterocycles. The normalized spacial score (nSPS) is 17.2. The van der Waals surface area contributed by atoms with Crippen LogP contribution in [0.2, 0.25) is 0 Å². The number of rotatable bonds is 13. The fourth-order valence-corrected chi connectivity index (χ4v) is 2.80. The van der Waals surface area contributed by atoms with Gasteiger partial charge in [0.05, 0.1) is 12.1 Å². The largest absolute Gasteiger partial charge is 0.480 e. The second-order valence-electron chi connectivity index (χ2n) is 7.05. The third-order valence-electron chi connectivity index (χ3n) is 4.60. The van der Waals surface area contributed by atoms with E-state index in [1.807, 2.05) is 20.1 Å². The van der Waals surface area contributed by atoms with Gasteiger partial charge in [0, 0.05) is 0 Å². The number of carbonyl (C=O) groups excluding carboxylic acids is 3. The first-order chi connectivity index (χ1) is 13.5. The van der Waals surface area contributed by atoms with Gasteiger partial charge >= 0.3 is 5.97 Å². The molecule has 0 spiro atoms. The molecule has 168 valence electrons. The van der Waals surface area contributed by atoms with Crippen molar-refractivity contribution in [2.24, 2.45) is 11.7 Å². The van der Waals surface area contributed by atoms with Gasteiger partial charge < -0.3 is 31.9 Å². The Morgan fingerprint density at radius 1 is 1.00 bits per heavy atom. The number of nitrogens with one attached hydrogen (secondary N) is 3. The van der Waals surface area contributed by atoms with Crippen molar-refractivity contribution >= 4 is 35.5 Å². The molecule has 6 unspecified atom stereocenters. The van der Waals surface area contributed by atoms with Gasteiger partial charge in [-0.15, -0.1) is 0 Å². The second kappa shape index (κ2) is 13.4. The summed E-state index contributed by atoms with van der Waals surface area (Å²) in [5, 5.41) is 26.3. The molecule has 0 heterocycles. The van der Waals surface area contributed by atoms with Crippen LogP contribution in [0.5, 0.6) is 0 Å². The van der Waals surface area contributed by atoms with Crippen molar-refractivity contribution in [2.75, 3.05) is 12.0 Å². The molecule has 0 rings (SSSR count). The summed E-state index contributed by atoms with van der Waals surface area (Å²) >= 11 is 1.43. The van der Waals surface area contributed by atoms with E-state index in [1.165, 1.54) is 25.6 Å². The lowest BCUT2D eigenvalue weighted by Crippen LogP contribution is -2.59. The van der Waals surface area contributed by atoms with Gasteiger partial charge in [-0.25, -0.2) is 4.79 Å². The maximum Gasteiger partial charge on any atom is 0.326 e. The lowest BCUT2D eigenvalue weighted by molar-refractivity contribution is -0.143. The lowest BCUT2D eigenvalue weighted by atomic mass is 9.99. The Bertz CT molecular complexity index is 575. The topological polar surface area (TPSA) is 171 Å². The average molecular weight is 435 g/mol. The van der Waals surface area contributed by atoms with Crippen molar-refractivity contribution in [3.63, 3.8) is 0 Å². The predicted octanol–water partition coefficient (Wildman–Crippen LogP) is -0.947. The van der Waals surface area contributed by atoms with Gasteiger partial charge in [0.25, 0.3) is 0 Å². The number of thioether (sulfide) groups is 1. The highest BCUT2D eigenvalue weighted by molar-refractivity contribution is 7.98. The molecule has 7 N–H and O–H groups in total. The van der Waals surface area contributed by atoms with Crippen molar-refractivity contribution in [3.05, 3.63) is 0 Å².